The molecule has 0 unspecified atom stereocenters. The SMILES string of the molecule is O=C(CCc1cccs1)NC[C@@H]1Cc2cccc(-c3ccncc3)c2O1. The van der Waals surface area contributed by atoms with E-state index in [4.69, 9.17) is 4.74 Å². The lowest BCUT2D eigenvalue weighted by molar-refractivity contribution is -0.121. The van der Waals surface area contributed by atoms with E-state index < -0.39 is 0 Å². The molecular formula is C21H20N2O2S. The van der Waals surface area contributed by atoms with Crippen molar-refractivity contribution in [2.24, 2.45) is 0 Å². The number of rotatable bonds is 6. The third kappa shape index (κ3) is 3.78. The number of para-hydroxylation sites is 1. The molecular weight excluding hydrogens is 344 g/mol. The smallest absolute Gasteiger partial charge is 0.220 e. The van der Waals surface area contributed by atoms with Crippen LogP contribution in [0.3, 0.4) is 0 Å². The molecule has 0 spiro atoms. The van der Waals surface area contributed by atoms with Crippen molar-refractivity contribution < 1.29 is 9.53 Å². The summed E-state index contributed by atoms with van der Waals surface area (Å²) >= 11 is 1.69. The number of nitrogens with zero attached hydrogens (tertiary/aromatic N) is 1. The van der Waals surface area contributed by atoms with Crippen molar-refractivity contribution in [1.82, 2.24) is 10.3 Å². The first-order chi connectivity index (χ1) is 12.8. The minimum Gasteiger partial charge on any atom is -0.487 e. The molecule has 1 N–H and O–H groups in total. The van der Waals surface area contributed by atoms with Crippen molar-refractivity contribution in [3.05, 3.63) is 70.7 Å². The molecule has 0 aliphatic carbocycles. The van der Waals surface area contributed by atoms with Crippen molar-refractivity contribution in [2.45, 2.75) is 25.4 Å². The molecule has 2 aromatic heterocycles. The van der Waals surface area contributed by atoms with E-state index in [2.05, 4.69) is 34.6 Å². The van der Waals surface area contributed by atoms with Crippen LogP contribution in [0.1, 0.15) is 16.9 Å². The molecule has 26 heavy (non-hydrogen) atoms. The van der Waals surface area contributed by atoms with Crippen LogP contribution in [0.5, 0.6) is 5.75 Å². The number of nitrogens with one attached hydrogen (secondary N) is 1. The Kier molecular flexibility index (Phi) is 4.97. The number of pyridine rings is 1. The molecule has 0 fully saturated rings. The van der Waals surface area contributed by atoms with E-state index in [-0.39, 0.29) is 12.0 Å². The summed E-state index contributed by atoms with van der Waals surface area (Å²) in [6.07, 6.45) is 5.69. The van der Waals surface area contributed by atoms with Gasteiger partial charge in [-0.15, -0.1) is 11.3 Å². The Labute approximate surface area is 156 Å². The van der Waals surface area contributed by atoms with Gasteiger partial charge >= 0.3 is 0 Å². The second-order valence-corrected chi connectivity index (χ2v) is 7.39. The van der Waals surface area contributed by atoms with Gasteiger partial charge in [-0.05, 0) is 41.1 Å². The van der Waals surface area contributed by atoms with Gasteiger partial charge in [-0.25, -0.2) is 0 Å². The Morgan fingerprint density at radius 3 is 2.88 bits per heavy atom. The highest BCUT2D eigenvalue weighted by Gasteiger charge is 2.25. The summed E-state index contributed by atoms with van der Waals surface area (Å²) in [5, 5.41) is 5.05. The molecule has 4 nitrogen and oxygen atoms in total. The number of carbonyl (C=O) groups excluding carboxylic acids is 1. The zero-order valence-electron chi connectivity index (χ0n) is 14.4. The van der Waals surface area contributed by atoms with Crippen LogP contribution in [0.15, 0.2) is 60.2 Å². The number of ether oxygens (including phenoxy) is 1. The second-order valence-electron chi connectivity index (χ2n) is 6.36. The largest absolute Gasteiger partial charge is 0.487 e. The first-order valence-electron chi connectivity index (χ1n) is 8.77. The number of hydrogen-bond acceptors (Lipinski definition) is 4. The van der Waals surface area contributed by atoms with Crippen molar-refractivity contribution in [2.75, 3.05) is 6.54 Å². The van der Waals surface area contributed by atoms with Crippen LogP contribution < -0.4 is 10.1 Å². The molecule has 132 valence electrons. The van der Waals surface area contributed by atoms with Gasteiger partial charge in [-0.2, -0.15) is 0 Å². The van der Waals surface area contributed by atoms with E-state index in [0.717, 1.165) is 29.7 Å². The first kappa shape index (κ1) is 16.8. The molecule has 5 heteroatoms. The molecule has 0 radical (unpaired) electrons. The highest BCUT2D eigenvalue weighted by atomic mass is 32.1. The van der Waals surface area contributed by atoms with Gasteiger partial charge in [-0.1, -0.05) is 24.3 Å². The third-order valence-corrected chi connectivity index (χ3v) is 5.46. The summed E-state index contributed by atoms with van der Waals surface area (Å²) in [5.74, 6) is 1.00. The van der Waals surface area contributed by atoms with Gasteiger partial charge in [0.15, 0.2) is 0 Å². The van der Waals surface area contributed by atoms with Crippen molar-refractivity contribution in [3.63, 3.8) is 0 Å². The lowest BCUT2D eigenvalue weighted by Crippen LogP contribution is -2.34. The van der Waals surface area contributed by atoms with Gasteiger partial charge in [0.05, 0.1) is 6.54 Å². The average molecular weight is 364 g/mol. The summed E-state index contributed by atoms with van der Waals surface area (Å²) in [6.45, 7) is 0.535. The van der Waals surface area contributed by atoms with Crippen molar-refractivity contribution >= 4 is 17.2 Å². The van der Waals surface area contributed by atoms with E-state index in [1.54, 1.807) is 23.7 Å². The molecule has 1 atom stereocenters. The number of hydrogen-bond donors (Lipinski definition) is 1. The Hall–Kier alpha value is -2.66. The fourth-order valence-corrected chi connectivity index (χ4v) is 3.93. The van der Waals surface area contributed by atoms with Gasteiger partial charge in [0.1, 0.15) is 11.9 Å². The molecule has 1 amide bonds. The third-order valence-electron chi connectivity index (χ3n) is 4.53. The summed E-state index contributed by atoms with van der Waals surface area (Å²) in [5.41, 5.74) is 3.37. The minimum absolute atomic E-state index is 0.0151. The lowest BCUT2D eigenvalue weighted by Gasteiger charge is -2.13. The summed E-state index contributed by atoms with van der Waals surface area (Å²) < 4.78 is 6.16. The molecule has 1 aromatic carbocycles. The number of amides is 1. The molecule has 1 aliphatic heterocycles. The van der Waals surface area contributed by atoms with Gasteiger partial charge in [-0.3, -0.25) is 9.78 Å². The molecule has 1 aliphatic rings. The number of fused-ring (bicyclic) bond motifs is 1. The fraction of sp³-hybridized carbons (Fsp3) is 0.238. The first-order valence-corrected chi connectivity index (χ1v) is 9.65. The summed E-state index contributed by atoms with van der Waals surface area (Å²) in [7, 11) is 0. The van der Waals surface area contributed by atoms with Crippen LogP contribution >= 0.6 is 11.3 Å². The zero-order valence-corrected chi connectivity index (χ0v) is 15.2. The van der Waals surface area contributed by atoms with Crippen LogP contribution in [0.4, 0.5) is 0 Å². The fourth-order valence-electron chi connectivity index (χ4n) is 3.22. The Bertz CT molecular complexity index is 878. The number of aromatic nitrogens is 1. The van der Waals surface area contributed by atoms with Crippen LogP contribution in [-0.4, -0.2) is 23.5 Å². The highest BCUT2D eigenvalue weighted by Crippen LogP contribution is 2.38. The topological polar surface area (TPSA) is 51.2 Å². The van der Waals surface area contributed by atoms with E-state index >= 15 is 0 Å². The van der Waals surface area contributed by atoms with Crippen LogP contribution in [0.2, 0.25) is 0 Å². The Morgan fingerprint density at radius 1 is 1.19 bits per heavy atom. The van der Waals surface area contributed by atoms with Crippen LogP contribution in [-0.2, 0) is 17.6 Å². The highest BCUT2D eigenvalue weighted by molar-refractivity contribution is 7.09. The molecule has 3 heterocycles. The predicted molar refractivity (Wildman–Crippen MR) is 103 cm³/mol. The summed E-state index contributed by atoms with van der Waals surface area (Å²) in [4.78, 5) is 17.4. The van der Waals surface area contributed by atoms with Crippen LogP contribution in [0.25, 0.3) is 11.1 Å². The lowest BCUT2D eigenvalue weighted by atomic mass is 10.0. The number of aryl methyl sites for hydroxylation is 1. The maximum Gasteiger partial charge on any atom is 0.220 e. The number of thiophene rings is 1. The zero-order chi connectivity index (χ0) is 17.8. The Morgan fingerprint density at radius 2 is 2.08 bits per heavy atom. The molecule has 0 saturated heterocycles. The van der Waals surface area contributed by atoms with Gasteiger partial charge in [0.2, 0.25) is 5.91 Å². The maximum absolute atomic E-state index is 12.1. The second kappa shape index (κ2) is 7.70. The van der Waals surface area contributed by atoms with Gasteiger partial charge in [0, 0.05) is 35.7 Å². The molecule has 3 aromatic rings. The molecule has 4 rings (SSSR count). The Balaban J connectivity index is 1.35. The maximum atomic E-state index is 12.1. The van der Waals surface area contributed by atoms with E-state index in [0.29, 0.717) is 13.0 Å². The average Bonchev–Trinajstić information content (AvgIpc) is 3.34. The van der Waals surface area contributed by atoms with E-state index in [1.165, 1.54) is 10.4 Å². The predicted octanol–water partition coefficient (Wildman–Crippen LogP) is 3.86. The van der Waals surface area contributed by atoms with E-state index in [1.807, 2.05) is 23.6 Å². The standard InChI is InChI=1S/C21H20N2O2S/c24-20(7-6-18-4-2-12-26-18)23-14-17-13-16-3-1-5-19(21(16)25-17)15-8-10-22-11-9-15/h1-5,8-12,17H,6-7,13-14H2,(H,23,24)/t17-/m0/s1. The van der Waals surface area contributed by atoms with Crippen molar-refractivity contribution in [1.29, 1.82) is 0 Å². The number of benzene rings is 1. The minimum atomic E-state index is -0.0151. The quantitative estimate of drug-likeness (QED) is 0.722. The summed E-state index contributed by atoms with van der Waals surface area (Å²) in [6, 6.07) is 14.3. The normalized spacial score (nSPS) is 15.3. The van der Waals surface area contributed by atoms with Crippen molar-refractivity contribution in [3.8, 4) is 16.9 Å². The van der Waals surface area contributed by atoms with E-state index in [9.17, 15) is 4.79 Å². The van der Waals surface area contributed by atoms with Gasteiger partial charge in [0.25, 0.3) is 0 Å². The molecule has 0 bridgehead atoms. The van der Waals surface area contributed by atoms with Crippen LogP contribution in [0, 0.1) is 0 Å². The molecule has 0 saturated carbocycles. The van der Waals surface area contributed by atoms with Gasteiger partial charge < -0.3 is 10.1 Å². The number of carbonyl (C=O) groups is 1. The monoisotopic (exact) mass is 364 g/mol.